The minimum Gasteiger partial charge on any atom is -0.412 e. The summed E-state index contributed by atoms with van der Waals surface area (Å²) in [4.78, 5) is 0. The lowest BCUT2D eigenvalue weighted by Crippen LogP contribution is -1.79. The van der Waals surface area contributed by atoms with Crippen molar-refractivity contribution < 1.29 is 14.5 Å². The maximum atomic E-state index is 4.75. The number of hydrogen-bond donors (Lipinski definition) is 0. The summed E-state index contributed by atoms with van der Waals surface area (Å²) in [5.74, 6) is 0. The van der Waals surface area contributed by atoms with E-state index in [0.29, 0.717) is 9.03 Å². The zero-order chi connectivity index (χ0) is 3.54. The van der Waals surface area contributed by atoms with Crippen LogP contribution in [0.25, 0.3) is 0 Å². The smallest absolute Gasteiger partial charge is 0.155 e. The van der Waals surface area contributed by atoms with Crippen LogP contribution < -0.4 is 0 Å². The van der Waals surface area contributed by atoms with Crippen LogP contribution in [0.3, 0.4) is 0 Å². The minimum atomic E-state index is 0. The second kappa shape index (κ2) is 3.50. The molecule has 1 fully saturated rings. The highest BCUT2D eigenvalue weighted by molar-refractivity contribution is 7.26. The van der Waals surface area contributed by atoms with Crippen LogP contribution in [0.4, 0.5) is 0 Å². The topological polar surface area (TPSA) is 50.0 Å². The third-order valence-corrected chi connectivity index (χ3v) is 1.05. The van der Waals surface area contributed by atoms with Gasteiger partial charge >= 0.3 is 0 Å². The van der Waals surface area contributed by atoms with Crippen molar-refractivity contribution in [3.05, 3.63) is 0 Å². The molecule has 0 spiro atoms. The molecule has 0 saturated carbocycles. The van der Waals surface area contributed by atoms with Gasteiger partial charge < -0.3 is 14.5 Å². The molecule has 1 saturated heterocycles. The first kappa shape index (κ1) is 6.31. The first-order chi connectivity index (χ1) is 2.50. The van der Waals surface area contributed by atoms with Crippen molar-refractivity contribution in [1.82, 2.24) is 0 Å². The van der Waals surface area contributed by atoms with Crippen LogP contribution in [0.2, 0.25) is 0 Å². The van der Waals surface area contributed by atoms with E-state index < -0.39 is 0 Å². The summed E-state index contributed by atoms with van der Waals surface area (Å²) in [7, 11) is 0.309. The Morgan fingerprint density at radius 2 is 1.67 bits per heavy atom. The predicted octanol–water partition coefficient (Wildman–Crippen LogP) is -0.283. The third kappa shape index (κ3) is 1.67. The number of hydrogen-bond acceptors (Lipinski definition) is 2. The lowest BCUT2D eigenvalue weighted by molar-refractivity contribution is 0.365. The van der Waals surface area contributed by atoms with Gasteiger partial charge in [0.2, 0.25) is 0 Å². The van der Waals surface area contributed by atoms with Gasteiger partial charge in [0.25, 0.3) is 0 Å². The Labute approximate surface area is 37.9 Å². The van der Waals surface area contributed by atoms with Crippen LogP contribution in [-0.2, 0) is 9.05 Å². The molecule has 6 heavy (non-hydrogen) atoms. The molecule has 1 aliphatic heterocycles. The first-order valence-electron chi connectivity index (χ1n) is 1.49. The fourth-order valence-corrected chi connectivity index (χ4v) is 0.625. The standard InChI is InChI=1S/C2H5O2P.H2O/c1-2-4-5-3-1;/h5H,1-2H2;1H2. The van der Waals surface area contributed by atoms with Gasteiger partial charge in [0.15, 0.2) is 9.03 Å². The molecular formula is C2H7O3P. The fourth-order valence-electron chi connectivity index (χ4n) is 0.208. The lowest BCUT2D eigenvalue weighted by atomic mass is 10.8. The summed E-state index contributed by atoms with van der Waals surface area (Å²) in [5, 5.41) is 0. The molecule has 4 heteroatoms. The van der Waals surface area contributed by atoms with Gasteiger partial charge in [-0.05, 0) is 0 Å². The largest absolute Gasteiger partial charge is 0.412 e. The summed E-state index contributed by atoms with van der Waals surface area (Å²) < 4.78 is 9.50. The molecule has 0 atom stereocenters. The van der Waals surface area contributed by atoms with E-state index in [1.165, 1.54) is 0 Å². The highest BCUT2D eigenvalue weighted by Gasteiger charge is 1.94. The predicted molar refractivity (Wildman–Crippen MR) is 23.8 cm³/mol. The van der Waals surface area contributed by atoms with Crippen LogP contribution in [0.5, 0.6) is 0 Å². The molecule has 38 valence electrons. The Hall–Kier alpha value is 0.310. The molecule has 0 aromatic heterocycles. The Morgan fingerprint density at radius 3 is 1.83 bits per heavy atom. The normalized spacial score (nSPS) is 20.0. The van der Waals surface area contributed by atoms with E-state index in [-0.39, 0.29) is 5.48 Å². The van der Waals surface area contributed by atoms with Crippen molar-refractivity contribution in [2.45, 2.75) is 0 Å². The second-order valence-corrected chi connectivity index (χ2v) is 1.52. The summed E-state index contributed by atoms with van der Waals surface area (Å²) >= 11 is 0. The van der Waals surface area contributed by atoms with Gasteiger partial charge in [-0.15, -0.1) is 0 Å². The Morgan fingerprint density at radius 1 is 1.17 bits per heavy atom. The molecule has 3 nitrogen and oxygen atoms in total. The van der Waals surface area contributed by atoms with Gasteiger partial charge in [0, 0.05) is 0 Å². The molecule has 1 aliphatic rings. The number of rotatable bonds is 0. The van der Waals surface area contributed by atoms with Crippen molar-refractivity contribution >= 4 is 9.03 Å². The molecule has 0 bridgehead atoms. The molecule has 0 aromatic carbocycles. The monoisotopic (exact) mass is 110 g/mol. The molecule has 0 aliphatic carbocycles. The highest BCUT2D eigenvalue weighted by atomic mass is 31.1. The van der Waals surface area contributed by atoms with Crippen molar-refractivity contribution in [2.75, 3.05) is 13.2 Å². The average Bonchev–Trinajstić information content (AvgIpc) is 1.76. The van der Waals surface area contributed by atoms with E-state index in [1.807, 2.05) is 0 Å². The van der Waals surface area contributed by atoms with Gasteiger partial charge in [0.05, 0.1) is 13.2 Å². The van der Waals surface area contributed by atoms with Crippen molar-refractivity contribution in [3.63, 3.8) is 0 Å². The van der Waals surface area contributed by atoms with E-state index in [4.69, 9.17) is 9.05 Å². The molecule has 0 aromatic rings. The summed E-state index contributed by atoms with van der Waals surface area (Å²) in [5.41, 5.74) is 0. The molecule has 1 rings (SSSR count). The van der Waals surface area contributed by atoms with E-state index in [0.717, 1.165) is 13.2 Å². The molecule has 0 radical (unpaired) electrons. The van der Waals surface area contributed by atoms with Crippen LogP contribution in [0.1, 0.15) is 0 Å². The van der Waals surface area contributed by atoms with Crippen LogP contribution in [0.15, 0.2) is 0 Å². The van der Waals surface area contributed by atoms with Crippen LogP contribution >= 0.6 is 9.03 Å². The molecular weight excluding hydrogens is 103 g/mol. The maximum Gasteiger partial charge on any atom is 0.155 e. The Balaban J connectivity index is 0.000000250. The lowest BCUT2D eigenvalue weighted by Gasteiger charge is -1.74. The van der Waals surface area contributed by atoms with E-state index >= 15 is 0 Å². The summed E-state index contributed by atoms with van der Waals surface area (Å²) in [6, 6.07) is 0. The van der Waals surface area contributed by atoms with Crippen molar-refractivity contribution in [1.29, 1.82) is 0 Å². The first-order valence-corrected chi connectivity index (χ1v) is 2.30. The Bertz CT molecular complexity index is 20.4. The van der Waals surface area contributed by atoms with Gasteiger partial charge in [-0.3, -0.25) is 0 Å². The molecule has 1 heterocycles. The SMILES string of the molecule is C1COPO1.O. The maximum absolute atomic E-state index is 4.75. The van der Waals surface area contributed by atoms with Crippen LogP contribution in [0, 0.1) is 0 Å². The second-order valence-electron chi connectivity index (χ2n) is 0.780. The highest BCUT2D eigenvalue weighted by Crippen LogP contribution is 2.18. The molecule has 0 unspecified atom stereocenters. The average molecular weight is 110 g/mol. The van der Waals surface area contributed by atoms with Gasteiger partial charge in [-0.1, -0.05) is 0 Å². The Kier molecular flexibility index (Phi) is 3.68. The van der Waals surface area contributed by atoms with Crippen molar-refractivity contribution in [2.24, 2.45) is 0 Å². The molecule has 2 N–H and O–H groups in total. The van der Waals surface area contributed by atoms with E-state index in [9.17, 15) is 0 Å². The third-order valence-electron chi connectivity index (χ3n) is 0.405. The minimum absolute atomic E-state index is 0. The van der Waals surface area contributed by atoms with Gasteiger partial charge in [-0.2, -0.15) is 0 Å². The van der Waals surface area contributed by atoms with Gasteiger partial charge in [0.1, 0.15) is 0 Å². The molecule has 0 amide bonds. The zero-order valence-electron chi connectivity index (χ0n) is 3.23. The van der Waals surface area contributed by atoms with E-state index in [2.05, 4.69) is 0 Å². The summed E-state index contributed by atoms with van der Waals surface area (Å²) in [6.45, 7) is 1.58. The van der Waals surface area contributed by atoms with Crippen molar-refractivity contribution in [3.8, 4) is 0 Å². The zero-order valence-corrected chi connectivity index (χ0v) is 4.23. The summed E-state index contributed by atoms with van der Waals surface area (Å²) in [6.07, 6.45) is 0. The quantitative estimate of drug-likeness (QED) is 0.402. The van der Waals surface area contributed by atoms with Crippen LogP contribution in [-0.4, -0.2) is 18.7 Å². The van der Waals surface area contributed by atoms with E-state index in [1.54, 1.807) is 0 Å². The fraction of sp³-hybridized carbons (Fsp3) is 1.00. The van der Waals surface area contributed by atoms with Gasteiger partial charge in [-0.25, -0.2) is 0 Å².